The molecule has 1 aromatic heterocycles. The maximum absolute atomic E-state index is 13.8. The van der Waals surface area contributed by atoms with Crippen molar-refractivity contribution in [3.8, 4) is 22.4 Å². The van der Waals surface area contributed by atoms with E-state index in [1.807, 2.05) is 12.1 Å². The van der Waals surface area contributed by atoms with Crippen molar-refractivity contribution in [1.82, 2.24) is 4.98 Å². The molecule has 1 heterocycles. The molecule has 0 spiro atoms. The highest BCUT2D eigenvalue weighted by Gasteiger charge is 2.26. The summed E-state index contributed by atoms with van der Waals surface area (Å²) in [7, 11) is 0. The number of hydrogen-bond acceptors (Lipinski definition) is 2. The third-order valence-electron chi connectivity index (χ3n) is 5.62. The number of carboxylic acids is 1. The lowest BCUT2D eigenvalue weighted by Crippen LogP contribution is -2.13. The highest BCUT2D eigenvalue weighted by atomic mass is 19.1. The van der Waals surface area contributed by atoms with Crippen molar-refractivity contribution in [3.05, 3.63) is 88.7 Å². The third-order valence-corrected chi connectivity index (χ3v) is 5.62. The largest absolute Gasteiger partial charge is 0.478 e. The molecule has 1 aliphatic rings. The summed E-state index contributed by atoms with van der Waals surface area (Å²) >= 11 is 0. The van der Waals surface area contributed by atoms with Crippen molar-refractivity contribution in [2.24, 2.45) is 0 Å². The zero-order valence-corrected chi connectivity index (χ0v) is 15.9. The molecule has 1 N–H and O–H groups in total. The van der Waals surface area contributed by atoms with Crippen molar-refractivity contribution in [2.45, 2.75) is 19.8 Å². The average molecular weight is 383 g/mol. The SMILES string of the molecule is Cc1cccc(-c2ccc3c(c2)CCc2c-3nc3ccc(F)cc3c2C(=O)O)c1. The van der Waals surface area contributed by atoms with Gasteiger partial charge in [0.2, 0.25) is 0 Å². The van der Waals surface area contributed by atoms with Gasteiger partial charge in [-0.25, -0.2) is 14.2 Å². The first kappa shape index (κ1) is 17.6. The van der Waals surface area contributed by atoms with E-state index in [2.05, 4.69) is 37.3 Å². The van der Waals surface area contributed by atoms with Crippen LogP contribution >= 0.6 is 0 Å². The van der Waals surface area contributed by atoms with Gasteiger partial charge in [-0.1, -0.05) is 48.0 Å². The molecule has 4 aromatic rings. The molecule has 4 heteroatoms. The van der Waals surface area contributed by atoms with Gasteiger partial charge in [-0.05, 0) is 60.2 Å². The van der Waals surface area contributed by atoms with Crippen LogP contribution in [0.15, 0.2) is 60.7 Å². The molecular weight excluding hydrogens is 365 g/mol. The Morgan fingerprint density at radius 3 is 2.62 bits per heavy atom. The van der Waals surface area contributed by atoms with E-state index in [9.17, 15) is 14.3 Å². The first-order valence-electron chi connectivity index (χ1n) is 9.57. The molecule has 142 valence electrons. The van der Waals surface area contributed by atoms with E-state index in [0.717, 1.165) is 28.7 Å². The summed E-state index contributed by atoms with van der Waals surface area (Å²) in [6, 6.07) is 18.8. The minimum absolute atomic E-state index is 0.165. The van der Waals surface area contributed by atoms with E-state index in [-0.39, 0.29) is 5.56 Å². The fraction of sp³-hybridized carbons (Fsp3) is 0.120. The van der Waals surface area contributed by atoms with Crippen molar-refractivity contribution in [1.29, 1.82) is 0 Å². The minimum Gasteiger partial charge on any atom is -0.478 e. The van der Waals surface area contributed by atoms with E-state index in [0.29, 0.717) is 28.6 Å². The summed E-state index contributed by atoms with van der Waals surface area (Å²) in [6.45, 7) is 2.07. The molecule has 0 radical (unpaired) electrons. The summed E-state index contributed by atoms with van der Waals surface area (Å²) in [6.07, 6.45) is 1.30. The molecule has 0 unspecified atom stereocenters. The topological polar surface area (TPSA) is 50.2 Å². The highest BCUT2D eigenvalue weighted by molar-refractivity contribution is 6.06. The Balaban J connectivity index is 1.73. The molecule has 29 heavy (non-hydrogen) atoms. The monoisotopic (exact) mass is 383 g/mol. The van der Waals surface area contributed by atoms with Crippen LogP contribution in [0.1, 0.15) is 27.0 Å². The van der Waals surface area contributed by atoms with Crippen LogP contribution in [0.3, 0.4) is 0 Å². The first-order valence-corrected chi connectivity index (χ1v) is 9.57. The van der Waals surface area contributed by atoms with Crippen LogP contribution in [0.4, 0.5) is 4.39 Å². The van der Waals surface area contributed by atoms with Gasteiger partial charge in [0.25, 0.3) is 0 Å². The number of nitrogens with zero attached hydrogens (tertiary/aromatic N) is 1. The second-order valence-electron chi connectivity index (χ2n) is 7.52. The zero-order valence-electron chi connectivity index (χ0n) is 15.9. The van der Waals surface area contributed by atoms with Gasteiger partial charge in [0.1, 0.15) is 5.82 Å². The quantitative estimate of drug-likeness (QED) is 0.475. The number of halogens is 1. The Labute approximate surface area is 167 Å². The molecule has 0 saturated carbocycles. The second-order valence-corrected chi connectivity index (χ2v) is 7.52. The van der Waals surface area contributed by atoms with Crippen molar-refractivity contribution < 1.29 is 14.3 Å². The number of hydrogen-bond donors (Lipinski definition) is 1. The fourth-order valence-electron chi connectivity index (χ4n) is 4.28. The molecule has 5 rings (SSSR count). The molecule has 0 atom stereocenters. The van der Waals surface area contributed by atoms with E-state index in [1.54, 1.807) is 6.07 Å². The van der Waals surface area contributed by atoms with Gasteiger partial charge in [0.15, 0.2) is 0 Å². The Kier molecular flexibility index (Phi) is 3.95. The fourth-order valence-corrected chi connectivity index (χ4v) is 4.28. The van der Waals surface area contributed by atoms with E-state index in [1.165, 1.54) is 17.7 Å². The zero-order chi connectivity index (χ0) is 20.1. The van der Waals surface area contributed by atoms with E-state index in [4.69, 9.17) is 4.98 Å². The van der Waals surface area contributed by atoms with Gasteiger partial charge in [-0.2, -0.15) is 0 Å². The van der Waals surface area contributed by atoms with Crippen molar-refractivity contribution in [2.75, 3.05) is 0 Å². The van der Waals surface area contributed by atoms with Crippen LogP contribution in [0.5, 0.6) is 0 Å². The van der Waals surface area contributed by atoms with Crippen LogP contribution in [0.2, 0.25) is 0 Å². The van der Waals surface area contributed by atoms with Gasteiger partial charge < -0.3 is 5.11 Å². The lowest BCUT2D eigenvalue weighted by atomic mass is 9.84. The first-order chi connectivity index (χ1) is 14.0. The molecule has 0 aliphatic heterocycles. The summed E-state index contributed by atoms with van der Waals surface area (Å²) in [5, 5.41) is 10.2. The van der Waals surface area contributed by atoms with E-state index < -0.39 is 11.8 Å². The van der Waals surface area contributed by atoms with Crippen LogP contribution in [-0.2, 0) is 12.8 Å². The number of aromatic carboxylic acids is 1. The number of pyridine rings is 1. The maximum atomic E-state index is 13.8. The molecule has 3 nitrogen and oxygen atoms in total. The summed E-state index contributed by atoms with van der Waals surface area (Å²) in [5.74, 6) is -1.50. The summed E-state index contributed by atoms with van der Waals surface area (Å²) < 4.78 is 13.8. The molecule has 0 fully saturated rings. The Hall–Kier alpha value is -3.53. The average Bonchev–Trinajstić information content (AvgIpc) is 2.71. The number of aromatic nitrogens is 1. The number of aryl methyl sites for hydroxylation is 2. The van der Waals surface area contributed by atoms with E-state index >= 15 is 0 Å². The highest BCUT2D eigenvalue weighted by Crippen LogP contribution is 2.38. The number of benzene rings is 3. The molecule has 0 saturated heterocycles. The van der Waals surface area contributed by atoms with Gasteiger partial charge in [0.05, 0.1) is 16.8 Å². The van der Waals surface area contributed by atoms with Gasteiger partial charge in [-0.3, -0.25) is 0 Å². The molecular formula is C25H18FNO2. The third kappa shape index (κ3) is 2.88. The number of rotatable bonds is 2. The molecule has 0 amide bonds. The summed E-state index contributed by atoms with van der Waals surface area (Å²) in [4.78, 5) is 16.8. The minimum atomic E-state index is -1.04. The maximum Gasteiger partial charge on any atom is 0.336 e. The lowest BCUT2D eigenvalue weighted by molar-refractivity contribution is 0.0698. The van der Waals surface area contributed by atoms with Crippen LogP contribution in [-0.4, -0.2) is 16.1 Å². The predicted molar refractivity (Wildman–Crippen MR) is 112 cm³/mol. The Morgan fingerprint density at radius 2 is 1.83 bits per heavy atom. The summed E-state index contributed by atoms with van der Waals surface area (Å²) in [5.41, 5.74) is 7.65. The smallest absolute Gasteiger partial charge is 0.336 e. The van der Waals surface area contributed by atoms with Crippen molar-refractivity contribution in [3.63, 3.8) is 0 Å². The second kappa shape index (κ2) is 6.52. The number of carbonyl (C=O) groups is 1. The lowest BCUT2D eigenvalue weighted by Gasteiger charge is -2.22. The van der Waals surface area contributed by atoms with Gasteiger partial charge in [0, 0.05) is 10.9 Å². The molecule has 3 aromatic carbocycles. The Bertz CT molecular complexity index is 1310. The Morgan fingerprint density at radius 1 is 1.00 bits per heavy atom. The van der Waals surface area contributed by atoms with Gasteiger partial charge in [-0.15, -0.1) is 0 Å². The number of carboxylic acid groups (broad SMARTS) is 1. The molecule has 0 bridgehead atoms. The standard InChI is InChI=1S/C25H18FNO2/c1-14-3-2-4-15(11-14)16-5-8-19-17(12-16)6-9-20-23(25(28)29)21-13-18(26)7-10-22(21)27-24(19)20/h2-5,7-8,10-13H,6,9H2,1H3,(H,28,29). The normalized spacial score (nSPS) is 12.5. The van der Waals surface area contributed by atoms with Crippen LogP contribution in [0.25, 0.3) is 33.3 Å². The van der Waals surface area contributed by atoms with Gasteiger partial charge >= 0.3 is 5.97 Å². The van der Waals surface area contributed by atoms with Crippen molar-refractivity contribution >= 4 is 16.9 Å². The van der Waals surface area contributed by atoms with Crippen LogP contribution in [0, 0.1) is 12.7 Å². The molecule has 1 aliphatic carbocycles. The number of fused-ring (bicyclic) bond motifs is 4. The predicted octanol–water partition coefficient (Wildman–Crippen LogP) is 5.81. The van der Waals surface area contributed by atoms with Crippen LogP contribution < -0.4 is 0 Å².